The van der Waals surface area contributed by atoms with Gasteiger partial charge in [-0.1, -0.05) is 76.9 Å². The Morgan fingerprint density at radius 1 is 0.897 bits per heavy atom. The maximum absolute atomic E-state index is 12.1. The van der Waals surface area contributed by atoms with E-state index in [2.05, 4.69) is 19.1 Å². The van der Waals surface area contributed by atoms with E-state index < -0.39 is 11.4 Å². The van der Waals surface area contributed by atoms with Gasteiger partial charge in [0.25, 0.3) is 0 Å². The van der Waals surface area contributed by atoms with Crippen LogP contribution in [0, 0.1) is 0 Å². The normalized spacial score (nSPS) is 33.2. The quantitative estimate of drug-likeness (QED) is 0.268. The molecule has 4 nitrogen and oxygen atoms in total. The molecule has 2 saturated heterocycles. The number of Topliss-reactive ketones (excluding diaryl/α,β-unsaturated/α-hetero) is 1. The van der Waals surface area contributed by atoms with Crippen LogP contribution < -0.4 is 0 Å². The lowest BCUT2D eigenvalue weighted by molar-refractivity contribution is -0.232. The summed E-state index contributed by atoms with van der Waals surface area (Å²) < 4.78 is 12.2. The van der Waals surface area contributed by atoms with Gasteiger partial charge in [0.1, 0.15) is 5.60 Å². The summed E-state index contributed by atoms with van der Waals surface area (Å²) in [4.78, 5) is 12.1. The van der Waals surface area contributed by atoms with E-state index in [0.717, 1.165) is 12.8 Å². The highest BCUT2D eigenvalue weighted by Gasteiger charge is 2.63. The van der Waals surface area contributed by atoms with Crippen molar-refractivity contribution in [1.82, 2.24) is 0 Å². The van der Waals surface area contributed by atoms with Crippen molar-refractivity contribution in [2.45, 2.75) is 140 Å². The van der Waals surface area contributed by atoms with Crippen molar-refractivity contribution in [3.63, 3.8) is 0 Å². The number of carbonyl (C=O) groups excluding carboxylic acids is 1. The molecule has 0 radical (unpaired) electrons. The molecule has 0 spiro atoms. The summed E-state index contributed by atoms with van der Waals surface area (Å²) in [5.41, 5.74) is -1.19. The third-order valence-corrected chi connectivity index (χ3v) is 6.97. The van der Waals surface area contributed by atoms with E-state index >= 15 is 0 Å². The smallest absolute Gasteiger partial charge is 0.172 e. The number of carbonyl (C=O) groups is 1. The Morgan fingerprint density at radius 2 is 1.48 bits per heavy atom. The zero-order chi connectivity index (χ0) is 20.6. The minimum Gasteiger partial charge on any atom is -0.382 e. The molecule has 1 N–H and O–H groups in total. The molecule has 4 heteroatoms. The number of fused-ring (bicyclic) bond motifs is 2. The molecule has 3 bridgehead atoms. The van der Waals surface area contributed by atoms with Crippen molar-refractivity contribution in [2.24, 2.45) is 0 Å². The molecule has 0 amide bonds. The molecule has 3 aliphatic rings. The Bertz CT molecular complexity index is 545. The number of allylic oxidation sites excluding steroid dienone is 2. The molecule has 1 aliphatic carbocycles. The fourth-order valence-corrected chi connectivity index (χ4v) is 5.25. The van der Waals surface area contributed by atoms with Crippen LogP contribution >= 0.6 is 0 Å². The summed E-state index contributed by atoms with van der Waals surface area (Å²) in [5.74, 6) is -0.740. The van der Waals surface area contributed by atoms with E-state index in [-0.39, 0.29) is 18.0 Å². The molecule has 2 heterocycles. The predicted molar refractivity (Wildman–Crippen MR) is 116 cm³/mol. The summed E-state index contributed by atoms with van der Waals surface area (Å²) in [5, 5.41) is 10.6. The van der Waals surface area contributed by atoms with E-state index in [1.807, 2.05) is 0 Å². The van der Waals surface area contributed by atoms with Gasteiger partial charge in [-0.25, -0.2) is 0 Å². The van der Waals surface area contributed by atoms with Crippen molar-refractivity contribution in [3.05, 3.63) is 12.2 Å². The minimum absolute atomic E-state index is 0.0450. The van der Waals surface area contributed by atoms with Gasteiger partial charge in [-0.2, -0.15) is 0 Å². The first-order chi connectivity index (χ1) is 14.1. The Morgan fingerprint density at radius 3 is 2.17 bits per heavy atom. The molecular weight excluding hydrogens is 364 g/mol. The summed E-state index contributed by atoms with van der Waals surface area (Å²) in [6.45, 7) is 2.24. The number of rotatable bonds is 15. The van der Waals surface area contributed by atoms with Crippen LogP contribution in [0.1, 0.15) is 116 Å². The van der Waals surface area contributed by atoms with Crippen LogP contribution in [0.25, 0.3) is 0 Å². The van der Waals surface area contributed by atoms with Gasteiger partial charge in [-0.3, -0.25) is 4.79 Å². The van der Waals surface area contributed by atoms with Crippen LogP contribution in [0.4, 0.5) is 0 Å². The molecule has 0 unspecified atom stereocenters. The third kappa shape index (κ3) is 6.38. The zero-order valence-corrected chi connectivity index (χ0v) is 18.5. The first kappa shape index (κ1) is 23.0. The number of unbranched alkanes of at least 4 members (excludes halogenated alkanes) is 11. The maximum atomic E-state index is 12.1. The summed E-state index contributed by atoms with van der Waals surface area (Å²) in [7, 11) is 0. The predicted octanol–water partition coefficient (Wildman–Crippen LogP) is 6.00. The van der Waals surface area contributed by atoms with E-state index in [4.69, 9.17) is 9.47 Å². The summed E-state index contributed by atoms with van der Waals surface area (Å²) >= 11 is 0. The van der Waals surface area contributed by atoms with E-state index in [0.29, 0.717) is 19.3 Å². The van der Waals surface area contributed by atoms with Crippen molar-refractivity contribution in [3.8, 4) is 0 Å². The maximum Gasteiger partial charge on any atom is 0.172 e. The van der Waals surface area contributed by atoms with Gasteiger partial charge in [0.2, 0.25) is 0 Å². The second-order valence-electron chi connectivity index (χ2n) is 9.60. The van der Waals surface area contributed by atoms with E-state index in [1.54, 1.807) is 0 Å². The van der Waals surface area contributed by atoms with Gasteiger partial charge < -0.3 is 14.6 Å². The standard InChI is InChI=1S/C25H42O4/c1-2-3-4-5-6-7-8-9-10-11-12-13-14-15-16-17-25-20-24(27)19-22(29-25)21(28-25)18-23(24)26/h5-6,21-22,27H,2-4,7-20H2,1H3/b6-5-/t21-,22+,24+,25-/m0/s1. The molecule has 0 aromatic carbocycles. The number of hydrogen-bond acceptors (Lipinski definition) is 4. The molecular formula is C25H42O4. The molecule has 0 aromatic rings. The molecule has 3 fully saturated rings. The van der Waals surface area contributed by atoms with Gasteiger partial charge in [0.15, 0.2) is 11.6 Å². The highest BCUT2D eigenvalue weighted by atomic mass is 16.8. The van der Waals surface area contributed by atoms with Crippen LogP contribution in [0.15, 0.2) is 12.2 Å². The Kier molecular flexibility index (Phi) is 8.76. The molecule has 29 heavy (non-hydrogen) atoms. The van der Waals surface area contributed by atoms with Crippen molar-refractivity contribution < 1.29 is 19.4 Å². The molecule has 2 aliphatic heterocycles. The average Bonchev–Trinajstić information content (AvgIpc) is 2.90. The lowest BCUT2D eigenvalue weighted by Crippen LogP contribution is -2.55. The molecule has 3 rings (SSSR count). The Labute approximate surface area is 177 Å². The average molecular weight is 407 g/mol. The van der Waals surface area contributed by atoms with Gasteiger partial charge in [-0.15, -0.1) is 0 Å². The Hall–Kier alpha value is -0.710. The zero-order valence-electron chi connectivity index (χ0n) is 18.5. The van der Waals surface area contributed by atoms with Crippen LogP contribution in [0.5, 0.6) is 0 Å². The number of ether oxygens (including phenoxy) is 2. The highest BCUT2D eigenvalue weighted by molar-refractivity contribution is 5.89. The molecule has 1 saturated carbocycles. The minimum atomic E-state index is -1.19. The lowest BCUT2D eigenvalue weighted by atomic mass is 9.75. The first-order valence-electron chi connectivity index (χ1n) is 12.3. The largest absolute Gasteiger partial charge is 0.382 e. The number of ketones is 1. The van der Waals surface area contributed by atoms with Crippen molar-refractivity contribution in [1.29, 1.82) is 0 Å². The van der Waals surface area contributed by atoms with Gasteiger partial charge in [-0.05, 0) is 25.7 Å². The number of hydrogen-bond donors (Lipinski definition) is 1. The fraction of sp³-hybridized carbons (Fsp3) is 0.880. The fourth-order valence-electron chi connectivity index (χ4n) is 5.25. The lowest BCUT2D eigenvalue weighted by Gasteiger charge is -2.42. The van der Waals surface area contributed by atoms with Crippen molar-refractivity contribution >= 4 is 5.78 Å². The topological polar surface area (TPSA) is 55.8 Å². The van der Waals surface area contributed by atoms with Crippen LogP contribution in [-0.4, -0.2) is 34.5 Å². The van der Waals surface area contributed by atoms with Crippen LogP contribution in [0.2, 0.25) is 0 Å². The summed E-state index contributed by atoms with van der Waals surface area (Å²) in [6.07, 6.45) is 23.0. The molecule has 166 valence electrons. The number of aliphatic hydroxyl groups is 1. The second-order valence-corrected chi connectivity index (χ2v) is 9.60. The van der Waals surface area contributed by atoms with Gasteiger partial charge in [0.05, 0.1) is 12.2 Å². The van der Waals surface area contributed by atoms with Gasteiger partial charge in [0, 0.05) is 25.7 Å². The van der Waals surface area contributed by atoms with E-state index in [1.165, 1.54) is 77.0 Å². The summed E-state index contributed by atoms with van der Waals surface area (Å²) in [6, 6.07) is 0. The molecule has 0 aromatic heterocycles. The van der Waals surface area contributed by atoms with Crippen LogP contribution in [0.3, 0.4) is 0 Å². The van der Waals surface area contributed by atoms with E-state index in [9.17, 15) is 9.90 Å². The third-order valence-electron chi connectivity index (χ3n) is 6.97. The molecule has 4 atom stereocenters. The SMILES string of the molecule is CCCC/C=C\CCCCCCCCCCC[C@@]12C[C@]3(O)C[C@@H](O1)[C@H](CC3=O)O2. The van der Waals surface area contributed by atoms with Crippen LogP contribution in [-0.2, 0) is 14.3 Å². The highest BCUT2D eigenvalue weighted by Crippen LogP contribution is 2.52. The van der Waals surface area contributed by atoms with Gasteiger partial charge >= 0.3 is 0 Å². The van der Waals surface area contributed by atoms with Crippen molar-refractivity contribution in [2.75, 3.05) is 0 Å². The monoisotopic (exact) mass is 406 g/mol. The Balaban J connectivity index is 1.17. The first-order valence-corrected chi connectivity index (χ1v) is 12.3. The second kappa shape index (κ2) is 11.1.